The van der Waals surface area contributed by atoms with Gasteiger partial charge in [0.1, 0.15) is 0 Å². The molecule has 112 valence electrons. The van der Waals surface area contributed by atoms with Crippen molar-refractivity contribution in [2.75, 3.05) is 13.1 Å². The number of hydrogen-bond acceptors (Lipinski definition) is 4. The molecule has 1 aromatic heterocycles. The number of aromatic hydroxyl groups is 1. The van der Waals surface area contributed by atoms with E-state index in [2.05, 4.69) is 18.7 Å². The van der Waals surface area contributed by atoms with E-state index in [1.165, 1.54) is 6.20 Å². The van der Waals surface area contributed by atoms with Gasteiger partial charge in [-0.25, -0.2) is 0 Å². The second-order valence-corrected chi connectivity index (χ2v) is 5.97. The van der Waals surface area contributed by atoms with Gasteiger partial charge in [-0.15, -0.1) is 0 Å². The summed E-state index contributed by atoms with van der Waals surface area (Å²) in [6, 6.07) is 1.74. The summed E-state index contributed by atoms with van der Waals surface area (Å²) in [6.07, 6.45) is 1.94. The molecule has 2 heterocycles. The summed E-state index contributed by atoms with van der Waals surface area (Å²) < 4.78 is 7.68. The van der Waals surface area contributed by atoms with Crippen LogP contribution < -0.4 is 5.43 Å². The zero-order valence-corrected chi connectivity index (χ0v) is 12.7. The largest absolute Gasteiger partial charge is 0.503 e. The number of morpholine rings is 1. The van der Waals surface area contributed by atoms with Gasteiger partial charge < -0.3 is 14.4 Å². The summed E-state index contributed by atoms with van der Waals surface area (Å²) in [6.45, 7) is 10.6. The van der Waals surface area contributed by atoms with Gasteiger partial charge in [0.15, 0.2) is 5.75 Å². The van der Waals surface area contributed by atoms with Crippen molar-refractivity contribution in [2.24, 2.45) is 0 Å². The standard InChI is InChI=1S/C15H24N2O3/c1-10(2)17-9-15(19)14(18)5-13(17)8-16-6-11(3)20-12(4)7-16/h5,9-12,19H,6-8H2,1-4H3. The zero-order chi connectivity index (χ0) is 14.9. The van der Waals surface area contributed by atoms with Crippen LogP contribution in [0.15, 0.2) is 17.1 Å². The second kappa shape index (κ2) is 5.97. The van der Waals surface area contributed by atoms with Crippen molar-refractivity contribution in [1.29, 1.82) is 0 Å². The Bertz CT molecular complexity index is 514. The van der Waals surface area contributed by atoms with Crippen molar-refractivity contribution in [1.82, 2.24) is 9.47 Å². The summed E-state index contributed by atoms with van der Waals surface area (Å²) >= 11 is 0. The summed E-state index contributed by atoms with van der Waals surface area (Å²) in [5.41, 5.74) is 0.621. The fourth-order valence-electron chi connectivity index (χ4n) is 2.83. The Morgan fingerprint density at radius 2 is 1.95 bits per heavy atom. The van der Waals surface area contributed by atoms with Gasteiger partial charge in [0, 0.05) is 37.4 Å². The van der Waals surface area contributed by atoms with E-state index in [9.17, 15) is 9.90 Å². The minimum Gasteiger partial charge on any atom is -0.503 e. The predicted molar refractivity (Wildman–Crippen MR) is 78.0 cm³/mol. The highest BCUT2D eigenvalue weighted by Crippen LogP contribution is 2.17. The first-order valence-electron chi connectivity index (χ1n) is 7.18. The van der Waals surface area contributed by atoms with Crippen molar-refractivity contribution in [3.05, 3.63) is 28.2 Å². The smallest absolute Gasteiger partial charge is 0.223 e. The molecule has 1 N–H and O–H groups in total. The number of hydrogen-bond donors (Lipinski definition) is 1. The SMILES string of the molecule is CC1CN(Cc2cc(=O)c(O)cn2C(C)C)CC(C)O1. The van der Waals surface area contributed by atoms with Crippen LogP contribution >= 0.6 is 0 Å². The van der Waals surface area contributed by atoms with Gasteiger partial charge in [0.25, 0.3) is 0 Å². The highest BCUT2D eigenvalue weighted by molar-refractivity contribution is 5.21. The van der Waals surface area contributed by atoms with Crippen LogP contribution in [-0.4, -0.2) is 39.9 Å². The molecule has 0 spiro atoms. The normalized spacial score (nSPS) is 24.2. The minimum atomic E-state index is -0.314. The third-order valence-electron chi connectivity index (χ3n) is 3.58. The van der Waals surface area contributed by atoms with Gasteiger partial charge in [-0.05, 0) is 27.7 Å². The fourth-order valence-corrected chi connectivity index (χ4v) is 2.83. The summed E-state index contributed by atoms with van der Waals surface area (Å²) in [7, 11) is 0. The quantitative estimate of drug-likeness (QED) is 0.916. The predicted octanol–water partition coefficient (Wildman–Crippen LogP) is 1.74. The highest BCUT2D eigenvalue weighted by atomic mass is 16.5. The van der Waals surface area contributed by atoms with E-state index in [0.717, 1.165) is 18.8 Å². The van der Waals surface area contributed by atoms with E-state index in [0.29, 0.717) is 6.54 Å². The summed E-state index contributed by atoms with van der Waals surface area (Å²) in [4.78, 5) is 14.0. The van der Waals surface area contributed by atoms with Gasteiger partial charge in [-0.1, -0.05) is 0 Å². The molecular formula is C15H24N2O3. The topological polar surface area (TPSA) is 54.7 Å². The molecule has 1 saturated heterocycles. The molecule has 20 heavy (non-hydrogen) atoms. The first kappa shape index (κ1) is 15.1. The van der Waals surface area contributed by atoms with E-state index < -0.39 is 0 Å². The first-order valence-corrected chi connectivity index (χ1v) is 7.18. The van der Waals surface area contributed by atoms with Crippen molar-refractivity contribution >= 4 is 0 Å². The van der Waals surface area contributed by atoms with Crippen molar-refractivity contribution in [2.45, 2.75) is 52.5 Å². The molecular weight excluding hydrogens is 256 g/mol. The van der Waals surface area contributed by atoms with E-state index in [4.69, 9.17) is 4.74 Å². The molecule has 2 unspecified atom stereocenters. The molecule has 2 atom stereocenters. The van der Waals surface area contributed by atoms with E-state index in [1.807, 2.05) is 18.4 Å². The molecule has 1 aliphatic rings. The van der Waals surface area contributed by atoms with Crippen LogP contribution in [0.25, 0.3) is 0 Å². The number of pyridine rings is 1. The van der Waals surface area contributed by atoms with Gasteiger partial charge in [-0.2, -0.15) is 0 Å². The average molecular weight is 280 g/mol. The number of ether oxygens (including phenoxy) is 1. The van der Waals surface area contributed by atoms with Gasteiger partial charge >= 0.3 is 0 Å². The highest BCUT2D eigenvalue weighted by Gasteiger charge is 2.23. The molecule has 0 aliphatic carbocycles. The van der Waals surface area contributed by atoms with Gasteiger partial charge in [0.2, 0.25) is 5.43 Å². The third-order valence-corrected chi connectivity index (χ3v) is 3.58. The third kappa shape index (κ3) is 3.41. The molecule has 1 aromatic rings. The lowest BCUT2D eigenvalue weighted by molar-refractivity contribution is -0.0710. The van der Waals surface area contributed by atoms with Crippen LogP contribution in [0.3, 0.4) is 0 Å². The van der Waals surface area contributed by atoms with E-state index >= 15 is 0 Å². The lowest BCUT2D eigenvalue weighted by Crippen LogP contribution is -2.45. The van der Waals surface area contributed by atoms with Gasteiger partial charge in [-0.3, -0.25) is 9.69 Å². The molecule has 0 amide bonds. The number of nitrogens with zero attached hydrogens (tertiary/aromatic N) is 2. The Morgan fingerprint density at radius 3 is 2.50 bits per heavy atom. The zero-order valence-electron chi connectivity index (χ0n) is 12.7. The Hall–Kier alpha value is -1.33. The lowest BCUT2D eigenvalue weighted by atomic mass is 10.2. The van der Waals surface area contributed by atoms with Crippen LogP contribution in [0.1, 0.15) is 39.4 Å². The Balaban J connectivity index is 2.24. The molecule has 0 bridgehead atoms. The van der Waals surface area contributed by atoms with Crippen LogP contribution in [0.2, 0.25) is 0 Å². The van der Waals surface area contributed by atoms with Crippen LogP contribution in [0, 0.1) is 0 Å². The molecule has 1 fully saturated rings. The maximum Gasteiger partial charge on any atom is 0.223 e. The lowest BCUT2D eigenvalue weighted by Gasteiger charge is -2.35. The molecule has 0 radical (unpaired) electrons. The minimum absolute atomic E-state index is 0.189. The monoisotopic (exact) mass is 280 g/mol. The van der Waals surface area contributed by atoms with Crippen molar-refractivity contribution < 1.29 is 9.84 Å². The van der Waals surface area contributed by atoms with E-state index in [1.54, 1.807) is 6.07 Å². The summed E-state index contributed by atoms with van der Waals surface area (Å²) in [5, 5.41) is 9.60. The van der Waals surface area contributed by atoms with Crippen molar-refractivity contribution in [3.8, 4) is 5.75 Å². The second-order valence-electron chi connectivity index (χ2n) is 5.97. The Kier molecular flexibility index (Phi) is 4.50. The average Bonchev–Trinajstić information content (AvgIpc) is 2.31. The fraction of sp³-hybridized carbons (Fsp3) is 0.667. The first-order chi connectivity index (χ1) is 9.36. The molecule has 2 rings (SSSR count). The van der Waals surface area contributed by atoms with Crippen LogP contribution in [0.4, 0.5) is 0 Å². The maximum absolute atomic E-state index is 11.7. The number of aromatic nitrogens is 1. The molecule has 5 heteroatoms. The summed E-state index contributed by atoms with van der Waals surface area (Å²) in [5.74, 6) is -0.189. The number of rotatable bonds is 3. The Labute approximate surface area is 119 Å². The van der Waals surface area contributed by atoms with E-state index in [-0.39, 0.29) is 29.4 Å². The molecule has 0 aromatic carbocycles. The van der Waals surface area contributed by atoms with Crippen LogP contribution in [-0.2, 0) is 11.3 Å². The van der Waals surface area contributed by atoms with Gasteiger partial charge in [0.05, 0.1) is 18.4 Å². The maximum atomic E-state index is 11.7. The molecule has 0 saturated carbocycles. The van der Waals surface area contributed by atoms with Crippen LogP contribution in [0.5, 0.6) is 5.75 Å². The molecule has 1 aliphatic heterocycles. The van der Waals surface area contributed by atoms with Crippen molar-refractivity contribution in [3.63, 3.8) is 0 Å². The molecule has 5 nitrogen and oxygen atoms in total. The Morgan fingerprint density at radius 1 is 1.35 bits per heavy atom.